The van der Waals surface area contributed by atoms with Gasteiger partial charge in [-0.05, 0) is 40.9 Å². The van der Waals surface area contributed by atoms with Gasteiger partial charge >= 0.3 is 0 Å². The first-order valence-electron chi connectivity index (χ1n) is 9.70. The van der Waals surface area contributed by atoms with E-state index in [1.54, 1.807) is 23.6 Å². The number of H-pyrrole nitrogens is 1. The summed E-state index contributed by atoms with van der Waals surface area (Å²) in [4.78, 5) is 12.6. The van der Waals surface area contributed by atoms with Gasteiger partial charge in [0.1, 0.15) is 11.4 Å². The Hall–Kier alpha value is -4.11. The maximum atomic E-state index is 15.5. The summed E-state index contributed by atoms with van der Waals surface area (Å²) in [6.45, 7) is 6.10. The molecule has 0 unspecified atom stereocenters. The van der Waals surface area contributed by atoms with E-state index in [4.69, 9.17) is 5.73 Å². The number of rotatable bonds is 5. The van der Waals surface area contributed by atoms with Gasteiger partial charge < -0.3 is 11.1 Å². The second kappa shape index (κ2) is 7.86. The van der Waals surface area contributed by atoms with Gasteiger partial charge in [-0.15, -0.1) is 0 Å². The van der Waals surface area contributed by atoms with Gasteiger partial charge in [-0.25, -0.2) is 4.39 Å². The molecule has 0 amide bonds. The zero-order valence-corrected chi connectivity index (χ0v) is 17.9. The summed E-state index contributed by atoms with van der Waals surface area (Å²) in [6.07, 6.45) is 8.09. The molecule has 0 saturated heterocycles. The summed E-state index contributed by atoms with van der Waals surface area (Å²) >= 11 is 1.62. The maximum Gasteiger partial charge on any atom is 0.161 e. The number of aromatic amines is 1. The number of nitrogens with one attached hydrogen (secondary N) is 2. The molecule has 0 aliphatic heterocycles. The molecule has 0 aliphatic carbocycles. The number of pyridine rings is 3. The average Bonchev–Trinajstić information content (AvgIpc) is 3.46. The molecule has 0 fully saturated rings. The van der Waals surface area contributed by atoms with Crippen LogP contribution in [0.4, 0.5) is 15.8 Å². The highest BCUT2D eigenvalue weighted by molar-refractivity contribution is 7.08. The molecule has 5 aromatic rings. The van der Waals surface area contributed by atoms with E-state index in [1.165, 1.54) is 18.6 Å². The molecule has 0 saturated carbocycles. The van der Waals surface area contributed by atoms with Gasteiger partial charge in [-0.3, -0.25) is 20.1 Å². The van der Waals surface area contributed by atoms with Crippen molar-refractivity contribution in [3.05, 3.63) is 77.5 Å². The number of thiophene rings is 1. The Balaban J connectivity index is 1.54. The Labute approximate surface area is 186 Å². The Morgan fingerprint density at radius 3 is 2.78 bits per heavy atom. The molecule has 9 heteroatoms. The summed E-state index contributed by atoms with van der Waals surface area (Å²) in [6, 6.07) is 3.67. The normalized spacial score (nSPS) is 11.1. The van der Waals surface area contributed by atoms with Crippen LogP contribution in [-0.2, 0) is 0 Å². The van der Waals surface area contributed by atoms with Crippen LogP contribution in [0.3, 0.4) is 0 Å². The minimum absolute atomic E-state index is 0.144. The molecule has 5 heterocycles. The molecule has 4 N–H and O–H groups in total. The van der Waals surface area contributed by atoms with Crippen molar-refractivity contribution >= 4 is 39.3 Å². The van der Waals surface area contributed by atoms with Crippen molar-refractivity contribution in [2.75, 3.05) is 11.1 Å². The minimum Gasteiger partial charge on any atom is -0.397 e. The molecule has 0 radical (unpaired) electrons. The first-order valence-corrected chi connectivity index (χ1v) is 10.6. The molecular formula is C23H18FN7S. The minimum atomic E-state index is -0.525. The highest BCUT2D eigenvalue weighted by Gasteiger charge is 2.20. The largest absolute Gasteiger partial charge is 0.397 e. The lowest BCUT2D eigenvalue weighted by molar-refractivity contribution is 0.638. The Morgan fingerprint density at radius 2 is 2.00 bits per heavy atom. The van der Waals surface area contributed by atoms with E-state index >= 15 is 4.39 Å². The highest BCUT2D eigenvalue weighted by atomic mass is 32.1. The van der Waals surface area contributed by atoms with Gasteiger partial charge in [-0.1, -0.05) is 6.58 Å². The van der Waals surface area contributed by atoms with Crippen LogP contribution < -0.4 is 11.1 Å². The number of nitrogens with two attached hydrogens (primary N) is 1. The quantitative estimate of drug-likeness (QED) is 0.342. The Morgan fingerprint density at radius 1 is 1.16 bits per heavy atom. The first kappa shape index (κ1) is 19.8. The van der Waals surface area contributed by atoms with E-state index in [9.17, 15) is 0 Å². The van der Waals surface area contributed by atoms with Crippen molar-refractivity contribution < 1.29 is 4.39 Å². The SMILES string of the molecule is C=C(Nc1cncc(-c2ccsc2)c1C)c1n[nH]c2cnc(-c3cncc(N)c3)c(F)c12. The third-order valence-corrected chi connectivity index (χ3v) is 5.88. The lowest BCUT2D eigenvalue weighted by atomic mass is 10.0. The van der Waals surface area contributed by atoms with Crippen molar-refractivity contribution in [3.8, 4) is 22.4 Å². The lowest BCUT2D eigenvalue weighted by Crippen LogP contribution is -2.02. The summed E-state index contributed by atoms with van der Waals surface area (Å²) in [7, 11) is 0. The van der Waals surface area contributed by atoms with Crippen LogP contribution in [0.25, 0.3) is 39.0 Å². The van der Waals surface area contributed by atoms with Crippen LogP contribution in [-0.4, -0.2) is 25.1 Å². The number of nitrogen functional groups attached to an aromatic ring is 1. The third-order valence-electron chi connectivity index (χ3n) is 5.20. The maximum absolute atomic E-state index is 15.5. The first-order chi connectivity index (χ1) is 15.5. The zero-order valence-electron chi connectivity index (χ0n) is 17.1. The molecule has 0 bridgehead atoms. The highest BCUT2D eigenvalue weighted by Crippen LogP contribution is 2.33. The van der Waals surface area contributed by atoms with Gasteiger partial charge in [-0.2, -0.15) is 16.4 Å². The van der Waals surface area contributed by atoms with Crippen molar-refractivity contribution in [3.63, 3.8) is 0 Å². The second-order valence-electron chi connectivity index (χ2n) is 7.26. The molecule has 5 rings (SSSR count). The fourth-order valence-electron chi connectivity index (χ4n) is 3.56. The molecule has 0 spiro atoms. The fraction of sp³-hybridized carbons (Fsp3) is 0.0435. The number of hydrogen-bond acceptors (Lipinski definition) is 7. The molecule has 5 aromatic heterocycles. The predicted octanol–water partition coefficient (Wildman–Crippen LogP) is 5.26. The average molecular weight is 444 g/mol. The molecule has 0 aromatic carbocycles. The predicted molar refractivity (Wildman–Crippen MR) is 126 cm³/mol. The van der Waals surface area contributed by atoms with Crippen molar-refractivity contribution in [2.24, 2.45) is 0 Å². The lowest BCUT2D eigenvalue weighted by Gasteiger charge is -2.13. The summed E-state index contributed by atoms with van der Waals surface area (Å²) < 4.78 is 15.5. The van der Waals surface area contributed by atoms with Gasteiger partial charge in [0.15, 0.2) is 5.82 Å². The van der Waals surface area contributed by atoms with Gasteiger partial charge in [0, 0.05) is 29.7 Å². The molecule has 0 atom stereocenters. The number of halogens is 1. The molecular weight excluding hydrogens is 425 g/mol. The van der Waals surface area contributed by atoms with E-state index in [0.717, 1.165) is 22.4 Å². The van der Waals surface area contributed by atoms with Gasteiger partial charge in [0.25, 0.3) is 0 Å². The van der Waals surface area contributed by atoms with E-state index < -0.39 is 5.82 Å². The van der Waals surface area contributed by atoms with Crippen LogP contribution in [0, 0.1) is 12.7 Å². The van der Waals surface area contributed by atoms with E-state index in [1.807, 2.05) is 24.6 Å². The number of fused-ring (bicyclic) bond motifs is 1. The van der Waals surface area contributed by atoms with Gasteiger partial charge in [0.2, 0.25) is 0 Å². The Kier molecular flexibility index (Phi) is 4.87. The second-order valence-corrected chi connectivity index (χ2v) is 8.04. The van der Waals surface area contributed by atoms with Crippen LogP contribution >= 0.6 is 11.3 Å². The Bertz CT molecular complexity index is 1460. The number of aromatic nitrogens is 5. The summed E-state index contributed by atoms with van der Waals surface area (Å²) in [5, 5.41) is 14.7. The number of nitrogens with zero attached hydrogens (tertiary/aromatic N) is 4. The van der Waals surface area contributed by atoms with Crippen LogP contribution in [0.1, 0.15) is 11.3 Å². The smallest absolute Gasteiger partial charge is 0.161 e. The zero-order chi connectivity index (χ0) is 22.2. The molecule has 7 nitrogen and oxygen atoms in total. The molecule has 158 valence electrons. The van der Waals surface area contributed by atoms with E-state index in [0.29, 0.717) is 28.2 Å². The summed E-state index contributed by atoms with van der Waals surface area (Å²) in [5.41, 5.74) is 12.0. The third kappa shape index (κ3) is 3.38. The van der Waals surface area contributed by atoms with E-state index in [2.05, 4.69) is 42.4 Å². The van der Waals surface area contributed by atoms with Crippen molar-refractivity contribution in [1.29, 1.82) is 0 Å². The van der Waals surface area contributed by atoms with Crippen molar-refractivity contribution in [2.45, 2.75) is 6.92 Å². The summed E-state index contributed by atoms with van der Waals surface area (Å²) in [5.74, 6) is -0.525. The van der Waals surface area contributed by atoms with Crippen molar-refractivity contribution in [1.82, 2.24) is 25.1 Å². The van der Waals surface area contributed by atoms with Crippen LogP contribution in [0.2, 0.25) is 0 Å². The monoisotopic (exact) mass is 443 g/mol. The number of anilines is 2. The van der Waals surface area contributed by atoms with E-state index in [-0.39, 0.29) is 11.1 Å². The fourth-order valence-corrected chi connectivity index (χ4v) is 4.22. The molecule has 32 heavy (non-hydrogen) atoms. The molecule has 0 aliphatic rings. The van der Waals surface area contributed by atoms with Crippen LogP contribution in [0.5, 0.6) is 0 Å². The topological polar surface area (TPSA) is 105 Å². The number of hydrogen-bond donors (Lipinski definition) is 3. The van der Waals surface area contributed by atoms with Gasteiger partial charge in [0.05, 0.1) is 40.4 Å². The standard InChI is InChI=1S/C23H18FN7S/c1-12-17(14-3-4-32-11-14)8-27-9-18(12)29-13(2)22-20-19(30-31-22)10-28-23(21(20)24)15-5-16(25)7-26-6-15/h3-11,29H,2,25H2,1H3,(H,30,31). The van der Waals surface area contributed by atoms with Crippen LogP contribution in [0.15, 0.2) is 60.5 Å².